The van der Waals surface area contributed by atoms with Gasteiger partial charge in [-0.05, 0) is 86.3 Å². The van der Waals surface area contributed by atoms with Crippen LogP contribution in [-0.4, -0.2) is 4.98 Å². The van der Waals surface area contributed by atoms with Crippen LogP contribution in [0.1, 0.15) is 18.3 Å². The van der Waals surface area contributed by atoms with Gasteiger partial charge in [0.05, 0.1) is 5.69 Å². The van der Waals surface area contributed by atoms with Crippen LogP contribution in [0.2, 0.25) is 0 Å². The number of halogens is 3. The molecular weight excluding hydrogens is 491 g/mol. The van der Waals surface area contributed by atoms with Crippen molar-refractivity contribution in [1.29, 1.82) is 0 Å². The molecule has 0 radical (unpaired) electrons. The molecule has 0 amide bonds. The molecule has 0 bridgehead atoms. The van der Waals surface area contributed by atoms with E-state index >= 15 is 0 Å². The van der Waals surface area contributed by atoms with Crippen molar-refractivity contribution in [2.24, 2.45) is 0 Å². The summed E-state index contributed by atoms with van der Waals surface area (Å²) < 4.78 is 0.0818. The summed E-state index contributed by atoms with van der Waals surface area (Å²) in [5.74, 6) is 0. The van der Waals surface area contributed by atoms with Crippen molar-refractivity contribution in [2.75, 3.05) is 0 Å². The summed E-state index contributed by atoms with van der Waals surface area (Å²) in [6.45, 7) is 2.13. The van der Waals surface area contributed by atoms with Gasteiger partial charge in [-0.1, -0.05) is 13.0 Å². The smallest absolute Gasteiger partial charge is 0.165 e. The minimum atomic E-state index is 0.0818. The molecule has 66 valence electrons. The third kappa shape index (κ3) is 3.24. The maximum Gasteiger partial charge on any atom is 0.165 e. The van der Waals surface area contributed by atoms with E-state index in [4.69, 9.17) is 0 Å². The van der Waals surface area contributed by atoms with E-state index in [1.54, 1.807) is 0 Å². The van der Waals surface area contributed by atoms with E-state index in [2.05, 4.69) is 97.9 Å². The number of nitrogens with zero attached hydrogens (tertiary/aromatic N) is 1. The second-order valence-corrected chi connectivity index (χ2v) is 13.4. The van der Waals surface area contributed by atoms with E-state index in [1.165, 1.54) is 5.69 Å². The first kappa shape index (κ1) is 11.4. The number of aromatic nitrogens is 1. The first-order valence-electron chi connectivity index (χ1n) is 3.57. The monoisotopic (exact) mass is 499 g/mol. The maximum absolute atomic E-state index is 4.54. The fourth-order valence-corrected chi connectivity index (χ4v) is 1.74. The van der Waals surface area contributed by atoms with E-state index in [0.717, 1.165) is 12.1 Å². The normalized spacial score (nSPS) is 11.7. The lowest BCUT2D eigenvalue weighted by Gasteiger charge is -2.11. The molecule has 0 fully saturated rings. The first-order chi connectivity index (χ1) is 5.54. The number of pyridine rings is 1. The molecule has 1 rings (SSSR count). The highest BCUT2D eigenvalue weighted by Gasteiger charge is 2.21. The number of alkyl halides is 3. The Balaban J connectivity index is 3.02. The Kier molecular flexibility index (Phi) is 4.49. The molecule has 1 nitrogen and oxygen atoms in total. The average Bonchev–Trinajstić information content (AvgIpc) is 2.03. The molecule has 0 N–H and O–H groups in total. The summed E-state index contributed by atoms with van der Waals surface area (Å²) in [4.78, 5) is 4.54. The summed E-state index contributed by atoms with van der Waals surface area (Å²) in [5.41, 5.74) is 2.31. The highest BCUT2D eigenvalue weighted by molar-refractivity contribution is 14.3. The van der Waals surface area contributed by atoms with E-state index in [0.29, 0.717) is 0 Å². The summed E-state index contributed by atoms with van der Waals surface area (Å²) in [5, 5.41) is 0. The lowest BCUT2D eigenvalue weighted by molar-refractivity contribution is 1.00. The third-order valence-corrected chi connectivity index (χ3v) is 3.12. The van der Waals surface area contributed by atoms with Gasteiger partial charge < -0.3 is 0 Å². The molecular formula is C8H8I3N. The predicted molar refractivity (Wildman–Crippen MR) is 77.4 cm³/mol. The molecule has 0 aliphatic rings. The molecule has 1 aromatic heterocycles. The Morgan fingerprint density at radius 1 is 1.33 bits per heavy atom. The van der Waals surface area contributed by atoms with Crippen molar-refractivity contribution in [3.05, 3.63) is 29.6 Å². The number of hydrogen-bond donors (Lipinski definition) is 0. The Morgan fingerprint density at radius 2 is 2.00 bits per heavy atom. The van der Waals surface area contributed by atoms with E-state index in [1.807, 2.05) is 0 Å². The van der Waals surface area contributed by atoms with Gasteiger partial charge in [0.15, 0.2) is -0.565 Å². The molecule has 1 aromatic rings. The molecule has 0 saturated carbocycles. The molecule has 0 aliphatic heterocycles. The maximum atomic E-state index is 4.54. The molecule has 12 heavy (non-hydrogen) atoms. The zero-order valence-electron chi connectivity index (χ0n) is 6.52. The zero-order valence-corrected chi connectivity index (χ0v) is 13.0. The van der Waals surface area contributed by atoms with Crippen molar-refractivity contribution >= 4 is 67.8 Å². The van der Waals surface area contributed by atoms with Gasteiger partial charge in [-0.15, -0.1) is 0 Å². The van der Waals surface area contributed by atoms with Gasteiger partial charge in [0, 0.05) is 5.69 Å². The molecule has 0 saturated heterocycles. The SMILES string of the molecule is CCc1cccc(C(I)(I)I)n1. The van der Waals surface area contributed by atoms with Crippen LogP contribution in [0.15, 0.2) is 18.2 Å². The second-order valence-electron chi connectivity index (χ2n) is 2.37. The van der Waals surface area contributed by atoms with Crippen molar-refractivity contribution in [1.82, 2.24) is 4.98 Å². The standard InChI is InChI=1S/C8H8I3N/c1-2-6-4-3-5-7(12-6)8(9,10)11/h3-5H,2H2,1H3. The summed E-state index contributed by atoms with van der Waals surface area (Å²) in [6, 6.07) is 6.22. The fraction of sp³-hybridized carbons (Fsp3) is 0.375. The van der Waals surface area contributed by atoms with Crippen LogP contribution < -0.4 is 0 Å². The Hall–Kier alpha value is 1.34. The summed E-state index contributed by atoms with van der Waals surface area (Å²) in [7, 11) is 0. The van der Waals surface area contributed by atoms with Gasteiger partial charge in [0.1, 0.15) is 0 Å². The van der Waals surface area contributed by atoms with E-state index < -0.39 is 0 Å². The van der Waals surface area contributed by atoms with Crippen LogP contribution in [0, 0.1) is 0 Å². The quantitative estimate of drug-likeness (QED) is 0.443. The minimum absolute atomic E-state index is 0.0818. The summed E-state index contributed by atoms with van der Waals surface area (Å²) >= 11 is 7.16. The Labute approximate surface area is 114 Å². The van der Waals surface area contributed by atoms with Gasteiger partial charge in [0.25, 0.3) is 0 Å². The summed E-state index contributed by atoms with van der Waals surface area (Å²) in [6.07, 6.45) is 1.01. The van der Waals surface area contributed by atoms with Gasteiger partial charge in [-0.25, -0.2) is 0 Å². The lowest BCUT2D eigenvalue weighted by atomic mass is 10.3. The highest BCUT2D eigenvalue weighted by Crippen LogP contribution is 2.44. The molecule has 0 spiro atoms. The third-order valence-electron chi connectivity index (χ3n) is 1.46. The van der Waals surface area contributed by atoms with Crippen LogP contribution in [-0.2, 0) is 5.86 Å². The number of hydrogen-bond acceptors (Lipinski definition) is 1. The second kappa shape index (κ2) is 4.72. The Morgan fingerprint density at radius 3 is 2.50 bits per heavy atom. The predicted octanol–water partition coefficient (Wildman–Crippen LogP) is 4.06. The van der Waals surface area contributed by atoms with Gasteiger partial charge in [-0.3, -0.25) is 4.98 Å². The van der Waals surface area contributed by atoms with Gasteiger partial charge in [0.2, 0.25) is 0 Å². The molecule has 4 heteroatoms. The van der Waals surface area contributed by atoms with Crippen molar-refractivity contribution in [2.45, 2.75) is 12.8 Å². The minimum Gasteiger partial charge on any atom is -0.255 e. The van der Waals surface area contributed by atoms with Crippen LogP contribution >= 0.6 is 67.8 Å². The molecule has 0 aromatic carbocycles. The van der Waals surface area contributed by atoms with Crippen molar-refractivity contribution < 1.29 is 0 Å². The van der Waals surface area contributed by atoms with Gasteiger partial charge >= 0.3 is 0 Å². The zero-order chi connectivity index (χ0) is 9.19. The molecule has 0 atom stereocenters. The molecule has 1 heterocycles. The van der Waals surface area contributed by atoms with Crippen LogP contribution in [0.4, 0.5) is 0 Å². The fourth-order valence-electron chi connectivity index (χ4n) is 0.834. The van der Waals surface area contributed by atoms with Gasteiger partial charge in [-0.2, -0.15) is 0 Å². The van der Waals surface area contributed by atoms with Crippen LogP contribution in [0.3, 0.4) is 0 Å². The Bertz CT molecular complexity index is 267. The molecule has 0 aliphatic carbocycles. The molecule has 0 unspecified atom stereocenters. The van der Waals surface area contributed by atoms with Crippen LogP contribution in [0.5, 0.6) is 0 Å². The average molecular weight is 499 g/mol. The number of aryl methyl sites for hydroxylation is 1. The highest BCUT2D eigenvalue weighted by atomic mass is 127. The number of rotatable bonds is 2. The van der Waals surface area contributed by atoms with Crippen LogP contribution in [0.25, 0.3) is 0 Å². The topological polar surface area (TPSA) is 12.9 Å². The van der Waals surface area contributed by atoms with E-state index in [9.17, 15) is 0 Å². The largest absolute Gasteiger partial charge is 0.255 e. The van der Waals surface area contributed by atoms with Crippen molar-refractivity contribution in [3.63, 3.8) is 0 Å². The lowest BCUT2D eigenvalue weighted by Crippen LogP contribution is -2.02. The first-order valence-corrected chi connectivity index (χ1v) is 6.81. The van der Waals surface area contributed by atoms with E-state index in [-0.39, 0.29) is -0.565 Å². The van der Waals surface area contributed by atoms with Crippen molar-refractivity contribution in [3.8, 4) is 0 Å².